The molecule has 0 radical (unpaired) electrons. The van der Waals surface area contributed by atoms with Gasteiger partial charge in [0.1, 0.15) is 17.5 Å². The van der Waals surface area contributed by atoms with Crippen molar-refractivity contribution in [3.63, 3.8) is 0 Å². The molecule has 0 bridgehead atoms. The number of fused-ring (bicyclic) bond motifs is 1. The number of para-hydroxylation sites is 1. The van der Waals surface area contributed by atoms with Crippen LogP contribution in [0, 0.1) is 0 Å². The van der Waals surface area contributed by atoms with Crippen molar-refractivity contribution < 1.29 is 9.84 Å². The summed E-state index contributed by atoms with van der Waals surface area (Å²) in [5.41, 5.74) is 0.527. The second-order valence-corrected chi connectivity index (χ2v) is 6.47. The Morgan fingerprint density at radius 2 is 1.80 bits per heavy atom. The van der Waals surface area contributed by atoms with Crippen LogP contribution >= 0.6 is 0 Å². The van der Waals surface area contributed by atoms with Gasteiger partial charge in [-0.3, -0.25) is 4.90 Å². The van der Waals surface area contributed by atoms with Crippen LogP contribution in [-0.2, 0) is 0 Å². The van der Waals surface area contributed by atoms with Crippen LogP contribution in [0.5, 0.6) is 5.75 Å². The minimum Gasteiger partial charge on any atom is -0.486 e. The standard InChI is InChI=1S/C16H24N2O2/c1-16(2)15(18-10-8-17(3)9-11-18)14(19)12-6-4-5-7-13(12)20-16/h4-7,14-15,19H,8-11H2,1-3H3. The topological polar surface area (TPSA) is 35.9 Å². The SMILES string of the molecule is CN1CCN(C2C(O)c3ccccc3OC2(C)C)CC1. The molecular weight excluding hydrogens is 252 g/mol. The quantitative estimate of drug-likeness (QED) is 0.843. The molecule has 0 spiro atoms. The van der Waals surface area contributed by atoms with E-state index in [9.17, 15) is 5.11 Å². The van der Waals surface area contributed by atoms with Crippen LogP contribution in [0.15, 0.2) is 24.3 Å². The monoisotopic (exact) mass is 276 g/mol. The van der Waals surface area contributed by atoms with Crippen molar-refractivity contribution in [2.24, 2.45) is 0 Å². The Balaban J connectivity index is 1.90. The molecule has 4 nitrogen and oxygen atoms in total. The van der Waals surface area contributed by atoms with E-state index in [0.717, 1.165) is 37.5 Å². The minimum absolute atomic E-state index is 0.00565. The fourth-order valence-electron chi connectivity index (χ4n) is 3.45. The third-order valence-corrected chi connectivity index (χ3v) is 4.55. The molecule has 0 saturated carbocycles. The molecule has 20 heavy (non-hydrogen) atoms. The number of aliphatic hydroxyl groups excluding tert-OH is 1. The molecule has 3 rings (SSSR count). The van der Waals surface area contributed by atoms with E-state index >= 15 is 0 Å². The molecule has 1 aromatic carbocycles. The van der Waals surface area contributed by atoms with Gasteiger partial charge in [-0.25, -0.2) is 0 Å². The molecule has 2 heterocycles. The van der Waals surface area contributed by atoms with Crippen molar-refractivity contribution >= 4 is 0 Å². The molecule has 0 aliphatic carbocycles. The maximum Gasteiger partial charge on any atom is 0.126 e. The summed E-state index contributed by atoms with van der Waals surface area (Å²) in [6.07, 6.45) is -0.488. The Morgan fingerprint density at radius 3 is 2.50 bits per heavy atom. The Kier molecular flexibility index (Phi) is 3.48. The molecular formula is C16H24N2O2. The van der Waals surface area contributed by atoms with E-state index in [-0.39, 0.29) is 11.6 Å². The van der Waals surface area contributed by atoms with Gasteiger partial charge in [-0.05, 0) is 27.0 Å². The number of rotatable bonds is 1. The zero-order chi connectivity index (χ0) is 14.3. The lowest BCUT2D eigenvalue weighted by molar-refractivity contribution is -0.0918. The van der Waals surface area contributed by atoms with Crippen molar-refractivity contribution in [2.45, 2.75) is 31.6 Å². The molecule has 1 N–H and O–H groups in total. The van der Waals surface area contributed by atoms with Gasteiger partial charge in [-0.1, -0.05) is 18.2 Å². The summed E-state index contributed by atoms with van der Waals surface area (Å²) in [5, 5.41) is 10.8. The number of benzene rings is 1. The van der Waals surface area contributed by atoms with Crippen LogP contribution < -0.4 is 4.74 Å². The summed E-state index contributed by atoms with van der Waals surface area (Å²) >= 11 is 0. The summed E-state index contributed by atoms with van der Waals surface area (Å²) < 4.78 is 6.17. The third kappa shape index (κ3) is 2.32. The van der Waals surface area contributed by atoms with E-state index in [0.29, 0.717) is 0 Å². The van der Waals surface area contributed by atoms with E-state index in [2.05, 4.69) is 30.7 Å². The van der Waals surface area contributed by atoms with Crippen LogP contribution in [-0.4, -0.2) is 59.8 Å². The molecule has 110 valence electrons. The molecule has 2 aliphatic heterocycles. The number of likely N-dealkylation sites (N-methyl/N-ethyl adjacent to an activating group) is 1. The van der Waals surface area contributed by atoms with Gasteiger partial charge in [0, 0.05) is 31.7 Å². The molecule has 0 aromatic heterocycles. The van der Waals surface area contributed by atoms with Crippen LogP contribution in [0.1, 0.15) is 25.5 Å². The average Bonchev–Trinajstić information content (AvgIpc) is 2.40. The van der Waals surface area contributed by atoms with Gasteiger partial charge in [0.15, 0.2) is 0 Å². The number of ether oxygens (including phenoxy) is 1. The zero-order valence-corrected chi connectivity index (χ0v) is 12.5. The third-order valence-electron chi connectivity index (χ3n) is 4.55. The highest BCUT2D eigenvalue weighted by molar-refractivity contribution is 5.39. The summed E-state index contributed by atoms with van der Waals surface area (Å²) in [6.45, 7) is 8.20. The van der Waals surface area contributed by atoms with E-state index < -0.39 is 6.10 Å². The summed E-state index contributed by atoms with van der Waals surface area (Å²) in [5.74, 6) is 0.815. The van der Waals surface area contributed by atoms with E-state index in [1.165, 1.54) is 0 Å². The smallest absolute Gasteiger partial charge is 0.126 e. The van der Waals surface area contributed by atoms with Crippen molar-refractivity contribution in [3.8, 4) is 5.75 Å². The van der Waals surface area contributed by atoms with Gasteiger partial charge in [0.2, 0.25) is 0 Å². The average molecular weight is 276 g/mol. The minimum atomic E-state index is -0.488. The van der Waals surface area contributed by atoms with Crippen molar-refractivity contribution in [1.82, 2.24) is 9.80 Å². The van der Waals surface area contributed by atoms with Gasteiger partial charge in [-0.15, -0.1) is 0 Å². The van der Waals surface area contributed by atoms with E-state index in [1.54, 1.807) is 0 Å². The first-order valence-corrected chi connectivity index (χ1v) is 7.37. The Morgan fingerprint density at radius 1 is 1.15 bits per heavy atom. The lowest BCUT2D eigenvalue weighted by atomic mass is 9.84. The molecule has 2 atom stereocenters. The lowest BCUT2D eigenvalue weighted by Crippen LogP contribution is -2.61. The number of aliphatic hydroxyl groups is 1. The highest BCUT2D eigenvalue weighted by atomic mass is 16.5. The highest BCUT2D eigenvalue weighted by Crippen LogP contribution is 2.42. The maximum atomic E-state index is 10.8. The number of hydrogen-bond acceptors (Lipinski definition) is 4. The van der Waals surface area contributed by atoms with Crippen molar-refractivity contribution in [1.29, 1.82) is 0 Å². The fourth-order valence-corrected chi connectivity index (χ4v) is 3.45. The summed E-state index contributed by atoms with van der Waals surface area (Å²) in [6, 6.07) is 7.84. The summed E-state index contributed by atoms with van der Waals surface area (Å²) in [7, 11) is 2.14. The molecule has 0 amide bonds. The predicted molar refractivity (Wildman–Crippen MR) is 79.0 cm³/mol. The van der Waals surface area contributed by atoms with Crippen LogP contribution in [0.3, 0.4) is 0 Å². The van der Waals surface area contributed by atoms with Crippen molar-refractivity contribution in [3.05, 3.63) is 29.8 Å². The predicted octanol–water partition coefficient (Wildman–Crippen LogP) is 1.51. The second-order valence-electron chi connectivity index (χ2n) is 6.47. The van der Waals surface area contributed by atoms with Crippen LogP contribution in [0.2, 0.25) is 0 Å². The normalized spacial score (nSPS) is 30.6. The van der Waals surface area contributed by atoms with Crippen LogP contribution in [0.4, 0.5) is 0 Å². The second kappa shape index (κ2) is 5.02. The lowest BCUT2D eigenvalue weighted by Gasteiger charge is -2.50. The molecule has 4 heteroatoms. The van der Waals surface area contributed by atoms with Gasteiger partial charge >= 0.3 is 0 Å². The first-order chi connectivity index (χ1) is 9.49. The van der Waals surface area contributed by atoms with Gasteiger partial charge in [-0.2, -0.15) is 0 Å². The molecule has 2 unspecified atom stereocenters. The number of nitrogens with zero attached hydrogens (tertiary/aromatic N) is 2. The van der Waals surface area contributed by atoms with Gasteiger partial charge in [0.25, 0.3) is 0 Å². The Labute approximate surface area is 120 Å². The van der Waals surface area contributed by atoms with Gasteiger partial charge in [0.05, 0.1) is 6.04 Å². The first kappa shape index (κ1) is 13.9. The Bertz CT molecular complexity index is 481. The molecule has 2 aliphatic rings. The number of hydrogen-bond donors (Lipinski definition) is 1. The zero-order valence-electron chi connectivity index (χ0n) is 12.5. The molecule has 1 saturated heterocycles. The Hall–Kier alpha value is -1.10. The molecule has 1 fully saturated rings. The van der Waals surface area contributed by atoms with E-state index in [4.69, 9.17) is 4.74 Å². The first-order valence-electron chi connectivity index (χ1n) is 7.37. The van der Waals surface area contributed by atoms with Crippen LogP contribution in [0.25, 0.3) is 0 Å². The van der Waals surface area contributed by atoms with Crippen molar-refractivity contribution in [2.75, 3.05) is 33.2 Å². The molecule has 1 aromatic rings. The summed E-state index contributed by atoms with van der Waals surface area (Å²) in [4.78, 5) is 4.70. The van der Waals surface area contributed by atoms with E-state index in [1.807, 2.05) is 24.3 Å². The fraction of sp³-hybridized carbons (Fsp3) is 0.625. The highest BCUT2D eigenvalue weighted by Gasteiger charge is 2.46. The maximum absolute atomic E-state index is 10.8. The number of piperazine rings is 1. The van der Waals surface area contributed by atoms with Gasteiger partial charge < -0.3 is 14.7 Å². The largest absolute Gasteiger partial charge is 0.486 e.